The highest BCUT2D eigenvalue weighted by atomic mass is 16.5. The van der Waals surface area contributed by atoms with Gasteiger partial charge in [0.1, 0.15) is 0 Å². The van der Waals surface area contributed by atoms with E-state index in [0.29, 0.717) is 25.2 Å². The molecule has 4 atom stereocenters. The van der Waals surface area contributed by atoms with Gasteiger partial charge in [-0.3, -0.25) is 9.69 Å². The van der Waals surface area contributed by atoms with Gasteiger partial charge in [-0.25, -0.2) is 0 Å². The summed E-state index contributed by atoms with van der Waals surface area (Å²) in [5.74, 6) is 0.813. The Bertz CT molecular complexity index is 1340. The van der Waals surface area contributed by atoms with E-state index in [4.69, 9.17) is 9.47 Å². The topological polar surface area (TPSA) is 59.0 Å². The highest BCUT2D eigenvalue weighted by Crippen LogP contribution is 2.66. The number of phenolic OH excluding ortho intramolecular Hbond substituents is 1. The number of aryl methyl sites for hydroxylation is 1. The molecule has 5 nitrogen and oxygen atoms in total. The van der Waals surface area contributed by atoms with Gasteiger partial charge in [0.05, 0.1) is 11.0 Å². The number of phenols is 1. The molecule has 1 N–H and O–H groups in total. The zero-order chi connectivity index (χ0) is 25.7. The van der Waals surface area contributed by atoms with Crippen molar-refractivity contribution in [3.63, 3.8) is 0 Å². The zero-order valence-electron chi connectivity index (χ0n) is 21.8. The van der Waals surface area contributed by atoms with Crippen molar-refractivity contribution < 1.29 is 19.4 Å². The fourth-order valence-electron chi connectivity index (χ4n) is 8.04. The molecule has 0 radical (unpaired) electrons. The quantitative estimate of drug-likeness (QED) is 0.433. The van der Waals surface area contributed by atoms with Gasteiger partial charge in [0.15, 0.2) is 23.4 Å². The molecule has 1 spiro atoms. The lowest BCUT2D eigenvalue weighted by atomic mass is 9.48. The van der Waals surface area contributed by atoms with Crippen LogP contribution in [0.2, 0.25) is 0 Å². The Balaban J connectivity index is 1.25. The number of aromatic hydroxyl groups is 1. The fourth-order valence-corrected chi connectivity index (χ4v) is 8.04. The molecule has 0 unspecified atom stereocenters. The van der Waals surface area contributed by atoms with Crippen molar-refractivity contribution in [1.29, 1.82) is 0 Å². The van der Waals surface area contributed by atoms with Gasteiger partial charge in [-0.15, -0.1) is 0 Å². The van der Waals surface area contributed by atoms with E-state index in [0.717, 1.165) is 50.8 Å². The Morgan fingerprint density at radius 1 is 0.947 bits per heavy atom. The maximum absolute atomic E-state index is 13.4. The lowest BCUT2D eigenvalue weighted by Crippen LogP contribution is -2.77. The number of benzene rings is 3. The zero-order valence-corrected chi connectivity index (χ0v) is 21.8. The SMILES string of the molecule is O=C1CC[C@@]2(OCCCc3ccccc3)[C@H]3Cc4ccc(O)c5c4[C@@]2(CCN3CCc2ccccc2)[C@H]1O5. The van der Waals surface area contributed by atoms with Gasteiger partial charge in [0, 0.05) is 31.2 Å². The molecule has 4 aliphatic rings. The smallest absolute Gasteiger partial charge is 0.174 e. The molecule has 1 saturated heterocycles. The number of piperidine rings is 1. The average molecular weight is 510 g/mol. The molecule has 3 aromatic rings. The predicted molar refractivity (Wildman–Crippen MR) is 146 cm³/mol. The minimum absolute atomic E-state index is 0.142. The number of Topliss-reactive ketones (excluding diaryl/α,β-unsaturated/α-hetero) is 1. The van der Waals surface area contributed by atoms with Crippen LogP contribution in [0.4, 0.5) is 0 Å². The van der Waals surface area contributed by atoms with Crippen LogP contribution in [-0.4, -0.2) is 53.2 Å². The van der Waals surface area contributed by atoms with Crippen LogP contribution in [0, 0.1) is 0 Å². The molecule has 0 aromatic heterocycles. The largest absolute Gasteiger partial charge is 0.504 e. The number of hydrogen-bond donors (Lipinski definition) is 1. The van der Waals surface area contributed by atoms with E-state index in [1.54, 1.807) is 6.07 Å². The Hall–Kier alpha value is -3.15. The Morgan fingerprint density at radius 2 is 1.68 bits per heavy atom. The molecule has 7 rings (SSSR count). The maximum Gasteiger partial charge on any atom is 0.174 e. The molecule has 0 amide bonds. The first-order valence-electron chi connectivity index (χ1n) is 14.1. The van der Waals surface area contributed by atoms with E-state index >= 15 is 0 Å². The van der Waals surface area contributed by atoms with Crippen LogP contribution in [0.15, 0.2) is 72.8 Å². The maximum atomic E-state index is 13.4. The number of likely N-dealkylation sites (tertiary alicyclic amines) is 1. The van der Waals surface area contributed by atoms with Crippen molar-refractivity contribution in [2.24, 2.45) is 0 Å². The van der Waals surface area contributed by atoms with Crippen LogP contribution in [0.3, 0.4) is 0 Å². The summed E-state index contributed by atoms with van der Waals surface area (Å²) in [7, 11) is 0. The number of carbonyl (C=O) groups excluding carboxylic acids is 1. The molecule has 2 bridgehead atoms. The highest BCUT2D eigenvalue weighted by Gasteiger charge is 2.74. The van der Waals surface area contributed by atoms with Crippen molar-refractivity contribution >= 4 is 5.78 Å². The van der Waals surface area contributed by atoms with Gasteiger partial charge in [-0.05, 0) is 67.8 Å². The summed E-state index contributed by atoms with van der Waals surface area (Å²) in [5.41, 5.74) is 3.87. The van der Waals surface area contributed by atoms with Crippen LogP contribution < -0.4 is 4.74 Å². The van der Waals surface area contributed by atoms with Crippen LogP contribution in [-0.2, 0) is 34.2 Å². The first kappa shape index (κ1) is 23.9. The second kappa shape index (κ2) is 9.25. The third kappa shape index (κ3) is 3.48. The first-order valence-corrected chi connectivity index (χ1v) is 14.1. The van der Waals surface area contributed by atoms with Crippen molar-refractivity contribution in [3.8, 4) is 11.5 Å². The van der Waals surface area contributed by atoms with Crippen LogP contribution in [0.5, 0.6) is 11.5 Å². The van der Waals surface area contributed by atoms with Crippen molar-refractivity contribution in [2.75, 3.05) is 19.7 Å². The number of nitrogens with zero attached hydrogens (tertiary/aromatic N) is 1. The Labute approximate surface area is 224 Å². The summed E-state index contributed by atoms with van der Waals surface area (Å²) in [5, 5.41) is 10.8. The summed E-state index contributed by atoms with van der Waals surface area (Å²) < 4.78 is 13.5. The van der Waals surface area contributed by atoms with Crippen LogP contribution >= 0.6 is 0 Å². The van der Waals surface area contributed by atoms with Crippen molar-refractivity contribution in [2.45, 2.75) is 68.1 Å². The summed E-state index contributed by atoms with van der Waals surface area (Å²) in [6.07, 6.45) is 5.12. The molecule has 196 valence electrons. The fraction of sp³-hybridized carbons (Fsp3) is 0.424. The van der Waals surface area contributed by atoms with Crippen LogP contribution in [0.1, 0.15) is 47.9 Å². The molecular formula is C33H35NO4. The number of carbonyl (C=O) groups is 1. The molecule has 2 heterocycles. The number of ether oxygens (including phenoxy) is 2. The van der Waals surface area contributed by atoms with Crippen molar-refractivity contribution in [3.05, 3.63) is 95.1 Å². The van der Waals surface area contributed by atoms with Crippen molar-refractivity contribution in [1.82, 2.24) is 4.90 Å². The minimum Gasteiger partial charge on any atom is -0.504 e. The summed E-state index contributed by atoms with van der Waals surface area (Å²) >= 11 is 0. The summed E-state index contributed by atoms with van der Waals surface area (Å²) in [6.45, 7) is 2.50. The number of ketones is 1. The molecule has 2 aliphatic carbocycles. The van der Waals surface area contributed by atoms with Gasteiger partial charge >= 0.3 is 0 Å². The minimum atomic E-state index is -0.577. The van der Waals surface area contributed by atoms with E-state index < -0.39 is 17.1 Å². The average Bonchev–Trinajstić information content (AvgIpc) is 3.31. The Morgan fingerprint density at radius 3 is 2.45 bits per heavy atom. The second-order valence-electron chi connectivity index (χ2n) is 11.5. The standard InChI is InChI=1S/C33H35NO4/c35-26-14-13-25-22-28-33(37-21-7-12-23-8-3-1-4-9-23)17-15-27(36)31-32(33,29(25)30(26)38-31)18-20-34(28)19-16-24-10-5-2-6-11-24/h1-6,8-11,13-14,28,31,35H,7,12,15-22H2/t28-,31+,32+,33-/m1/s1. The molecule has 1 saturated carbocycles. The normalized spacial score (nSPS) is 29.1. The van der Waals surface area contributed by atoms with E-state index in [-0.39, 0.29) is 17.6 Å². The molecule has 3 aromatic carbocycles. The van der Waals surface area contributed by atoms with E-state index in [9.17, 15) is 9.90 Å². The molecule has 5 heteroatoms. The van der Waals surface area contributed by atoms with Crippen LogP contribution in [0.25, 0.3) is 0 Å². The third-order valence-electron chi connectivity index (χ3n) is 9.67. The first-order chi connectivity index (χ1) is 18.6. The van der Waals surface area contributed by atoms with Gasteiger partial charge < -0.3 is 14.6 Å². The second-order valence-corrected chi connectivity index (χ2v) is 11.5. The van der Waals surface area contributed by atoms with E-state index in [1.165, 1.54) is 16.7 Å². The molecule has 38 heavy (non-hydrogen) atoms. The van der Waals surface area contributed by atoms with Gasteiger partial charge in [0.2, 0.25) is 0 Å². The van der Waals surface area contributed by atoms with Gasteiger partial charge in [-0.1, -0.05) is 66.7 Å². The molecular weight excluding hydrogens is 474 g/mol. The van der Waals surface area contributed by atoms with Gasteiger partial charge in [-0.2, -0.15) is 0 Å². The number of rotatable bonds is 8. The summed E-state index contributed by atoms with van der Waals surface area (Å²) in [6, 6.07) is 25.2. The predicted octanol–water partition coefficient (Wildman–Crippen LogP) is 5.02. The lowest BCUT2D eigenvalue weighted by Gasteiger charge is -2.64. The Kier molecular flexibility index (Phi) is 5.82. The highest BCUT2D eigenvalue weighted by molar-refractivity contribution is 5.90. The monoisotopic (exact) mass is 509 g/mol. The van der Waals surface area contributed by atoms with E-state index in [1.807, 2.05) is 6.07 Å². The molecule has 2 fully saturated rings. The lowest BCUT2D eigenvalue weighted by molar-refractivity contribution is -0.213. The third-order valence-corrected chi connectivity index (χ3v) is 9.67. The summed E-state index contributed by atoms with van der Waals surface area (Å²) in [4.78, 5) is 16.0. The number of hydrogen-bond acceptors (Lipinski definition) is 5. The van der Waals surface area contributed by atoms with E-state index in [2.05, 4.69) is 65.6 Å². The van der Waals surface area contributed by atoms with Gasteiger partial charge in [0.25, 0.3) is 0 Å². The molecule has 2 aliphatic heterocycles.